The molecule has 0 saturated heterocycles. The van der Waals surface area contributed by atoms with Crippen molar-refractivity contribution in [2.24, 2.45) is 7.05 Å². The number of rotatable bonds is 6. The predicted molar refractivity (Wildman–Crippen MR) is 59.4 cm³/mol. The van der Waals surface area contributed by atoms with Crippen molar-refractivity contribution >= 4 is 0 Å². The van der Waals surface area contributed by atoms with Gasteiger partial charge in [-0.1, -0.05) is 0 Å². The number of aromatic nitrogens is 2. The average Bonchev–Trinajstić information content (AvgIpc) is 2.67. The van der Waals surface area contributed by atoms with Crippen molar-refractivity contribution in [2.45, 2.75) is 12.3 Å². The van der Waals surface area contributed by atoms with E-state index in [0.29, 0.717) is 5.75 Å². The van der Waals surface area contributed by atoms with Crippen LogP contribution in [-0.4, -0.2) is 44.4 Å². The van der Waals surface area contributed by atoms with Gasteiger partial charge in [-0.15, -0.1) is 0 Å². The van der Waals surface area contributed by atoms with Crippen LogP contribution in [0.3, 0.4) is 0 Å². The van der Waals surface area contributed by atoms with Crippen molar-refractivity contribution in [3.8, 4) is 5.75 Å². The first-order valence-electron chi connectivity index (χ1n) is 4.98. The summed E-state index contributed by atoms with van der Waals surface area (Å²) in [6, 6.07) is -0.141. The van der Waals surface area contributed by atoms with Crippen LogP contribution in [0.2, 0.25) is 0 Å². The number of likely N-dealkylation sites (N-methyl/N-ethyl adjacent to an activating group) is 1. The fraction of sp³-hybridized carbons (Fsp3) is 0.700. The van der Waals surface area contributed by atoms with Crippen LogP contribution >= 0.6 is 0 Å². The summed E-state index contributed by atoms with van der Waals surface area (Å²) in [5.41, 5.74) is 0.888. The molecule has 0 radical (unpaired) electrons. The Labute approximate surface area is 95.5 Å². The third kappa shape index (κ3) is 2.34. The van der Waals surface area contributed by atoms with Crippen LogP contribution in [0.5, 0.6) is 5.75 Å². The lowest BCUT2D eigenvalue weighted by atomic mass is 10.2. The Morgan fingerprint density at radius 3 is 2.38 bits per heavy atom. The Morgan fingerprint density at radius 1 is 1.31 bits per heavy atom. The largest absolute Gasteiger partial charge is 0.493 e. The summed E-state index contributed by atoms with van der Waals surface area (Å²) in [5, 5.41) is 7.28. The number of nitrogens with zero attached hydrogens (tertiary/aromatic N) is 2. The van der Waals surface area contributed by atoms with Gasteiger partial charge in [-0.2, -0.15) is 5.10 Å². The van der Waals surface area contributed by atoms with E-state index in [2.05, 4.69) is 10.4 Å². The minimum atomic E-state index is -0.394. The number of hydrogen-bond donors (Lipinski definition) is 1. The van der Waals surface area contributed by atoms with E-state index < -0.39 is 6.29 Å². The van der Waals surface area contributed by atoms with Gasteiger partial charge in [-0.3, -0.25) is 4.68 Å². The van der Waals surface area contributed by atoms with Gasteiger partial charge < -0.3 is 19.5 Å². The molecule has 0 aliphatic heterocycles. The van der Waals surface area contributed by atoms with Gasteiger partial charge in [0.05, 0.1) is 13.3 Å². The molecule has 0 fully saturated rings. The molecule has 0 spiro atoms. The van der Waals surface area contributed by atoms with Gasteiger partial charge in [0.15, 0.2) is 12.0 Å². The highest BCUT2D eigenvalue weighted by Crippen LogP contribution is 2.27. The van der Waals surface area contributed by atoms with Crippen LogP contribution in [0.1, 0.15) is 11.7 Å². The lowest BCUT2D eigenvalue weighted by Gasteiger charge is -2.25. The van der Waals surface area contributed by atoms with Crippen LogP contribution in [0.4, 0.5) is 0 Å². The lowest BCUT2D eigenvalue weighted by molar-refractivity contribution is -0.124. The topological polar surface area (TPSA) is 57.5 Å². The average molecular weight is 229 g/mol. The first kappa shape index (κ1) is 13.0. The number of ether oxygens (including phenoxy) is 3. The Kier molecular flexibility index (Phi) is 4.72. The molecule has 1 aromatic rings. The van der Waals surface area contributed by atoms with Crippen molar-refractivity contribution in [2.75, 3.05) is 28.4 Å². The summed E-state index contributed by atoms with van der Waals surface area (Å²) in [5.74, 6) is 0.709. The summed E-state index contributed by atoms with van der Waals surface area (Å²) < 4.78 is 17.5. The quantitative estimate of drug-likeness (QED) is 0.711. The highest BCUT2D eigenvalue weighted by atomic mass is 16.7. The summed E-state index contributed by atoms with van der Waals surface area (Å²) in [4.78, 5) is 0. The Balaban J connectivity index is 3.06. The van der Waals surface area contributed by atoms with E-state index >= 15 is 0 Å². The summed E-state index contributed by atoms with van der Waals surface area (Å²) in [6.07, 6.45) is 1.27. The molecule has 0 amide bonds. The van der Waals surface area contributed by atoms with Gasteiger partial charge >= 0.3 is 0 Å². The maximum atomic E-state index is 5.25. The Bertz CT molecular complexity index is 323. The Morgan fingerprint density at radius 2 is 1.94 bits per heavy atom. The molecular formula is C10H19N3O3. The van der Waals surface area contributed by atoms with Crippen molar-refractivity contribution in [1.29, 1.82) is 0 Å². The molecule has 16 heavy (non-hydrogen) atoms. The van der Waals surface area contributed by atoms with Crippen LogP contribution in [0, 0.1) is 0 Å². The second-order valence-corrected chi connectivity index (χ2v) is 3.33. The lowest BCUT2D eigenvalue weighted by Crippen LogP contribution is -2.34. The van der Waals surface area contributed by atoms with Crippen molar-refractivity contribution in [3.63, 3.8) is 0 Å². The van der Waals surface area contributed by atoms with Gasteiger partial charge in [-0.05, 0) is 7.05 Å². The monoisotopic (exact) mass is 229 g/mol. The van der Waals surface area contributed by atoms with E-state index in [1.165, 1.54) is 0 Å². The zero-order chi connectivity index (χ0) is 12.1. The highest BCUT2D eigenvalue weighted by Gasteiger charge is 2.27. The molecule has 6 nitrogen and oxygen atoms in total. The number of methoxy groups -OCH3 is 3. The van der Waals surface area contributed by atoms with E-state index in [-0.39, 0.29) is 6.04 Å². The Hall–Kier alpha value is -1.11. The molecule has 0 bridgehead atoms. The van der Waals surface area contributed by atoms with Gasteiger partial charge in [0.1, 0.15) is 11.7 Å². The maximum absolute atomic E-state index is 5.25. The third-order valence-electron chi connectivity index (χ3n) is 2.51. The first-order valence-corrected chi connectivity index (χ1v) is 4.98. The molecule has 6 heteroatoms. The molecular weight excluding hydrogens is 210 g/mol. The van der Waals surface area contributed by atoms with Crippen molar-refractivity contribution in [3.05, 3.63) is 11.9 Å². The van der Waals surface area contributed by atoms with Gasteiger partial charge in [0.2, 0.25) is 0 Å². The van der Waals surface area contributed by atoms with Crippen LogP contribution < -0.4 is 10.1 Å². The van der Waals surface area contributed by atoms with Crippen LogP contribution in [0.25, 0.3) is 0 Å². The molecule has 1 N–H and O–H groups in total. The minimum absolute atomic E-state index is 0.141. The van der Waals surface area contributed by atoms with E-state index in [0.717, 1.165) is 5.69 Å². The second kappa shape index (κ2) is 5.83. The zero-order valence-electron chi connectivity index (χ0n) is 10.4. The molecule has 92 valence electrons. The third-order valence-corrected chi connectivity index (χ3v) is 2.51. The first-order chi connectivity index (χ1) is 7.69. The number of nitrogens with one attached hydrogen (secondary N) is 1. The van der Waals surface area contributed by atoms with E-state index in [1.54, 1.807) is 32.2 Å². The summed E-state index contributed by atoms with van der Waals surface area (Å²) in [6.45, 7) is 0. The maximum Gasteiger partial charge on any atom is 0.177 e. The van der Waals surface area contributed by atoms with E-state index in [4.69, 9.17) is 14.2 Å². The second-order valence-electron chi connectivity index (χ2n) is 3.33. The number of aryl methyl sites for hydroxylation is 1. The molecule has 1 aromatic heterocycles. The SMILES string of the molecule is CNC(c1c(OC)cnn1C)C(OC)OC. The van der Waals surface area contributed by atoms with Gasteiger partial charge in [0.25, 0.3) is 0 Å². The molecule has 1 atom stereocenters. The van der Waals surface area contributed by atoms with Crippen molar-refractivity contribution in [1.82, 2.24) is 15.1 Å². The minimum Gasteiger partial charge on any atom is -0.493 e. The molecule has 0 aromatic carbocycles. The molecule has 0 saturated carbocycles. The van der Waals surface area contributed by atoms with Crippen LogP contribution in [-0.2, 0) is 16.5 Å². The fourth-order valence-electron chi connectivity index (χ4n) is 1.71. The van der Waals surface area contributed by atoms with Gasteiger partial charge in [0, 0.05) is 21.3 Å². The number of hydrogen-bond acceptors (Lipinski definition) is 5. The van der Waals surface area contributed by atoms with Crippen LogP contribution in [0.15, 0.2) is 6.20 Å². The molecule has 1 heterocycles. The standard InChI is InChI=1S/C10H19N3O3/c1-11-8(10(15-4)16-5)9-7(14-3)6-12-13(9)2/h6,8,10-11H,1-5H3. The molecule has 0 aliphatic carbocycles. The molecule has 1 rings (SSSR count). The smallest absolute Gasteiger partial charge is 0.177 e. The molecule has 1 unspecified atom stereocenters. The summed E-state index contributed by atoms with van der Waals surface area (Å²) in [7, 11) is 8.50. The normalized spacial score (nSPS) is 13.1. The zero-order valence-corrected chi connectivity index (χ0v) is 10.4. The highest BCUT2D eigenvalue weighted by molar-refractivity contribution is 5.28. The van der Waals surface area contributed by atoms with Crippen molar-refractivity contribution < 1.29 is 14.2 Å². The van der Waals surface area contributed by atoms with E-state index in [1.807, 2.05) is 14.1 Å². The fourth-order valence-corrected chi connectivity index (χ4v) is 1.71. The summed E-state index contributed by atoms with van der Waals surface area (Å²) >= 11 is 0. The predicted octanol–water partition coefficient (Wildman–Crippen LogP) is 0.308. The molecule has 0 aliphatic rings. The van der Waals surface area contributed by atoms with E-state index in [9.17, 15) is 0 Å². The van der Waals surface area contributed by atoms with Gasteiger partial charge in [-0.25, -0.2) is 0 Å².